The van der Waals surface area contributed by atoms with Crippen molar-refractivity contribution in [1.82, 2.24) is 0 Å². The zero-order chi connectivity index (χ0) is 25.4. The first-order chi connectivity index (χ1) is 16.7. The van der Waals surface area contributed by atoms with Gasteiger partial charge in [0.15, 0.2) is 17.3 Å². The number of aromatic hydroxyl groups is 1. The van der Waals surface area contributed by atoms with Gasteiger partial charge in [-0.3, -0.25) is 4.79 Å². The second-order valence-electron chi connectivity index (χ2n) is 8.10. The summed E-state index contributed by atoms with van der Waals surface area (Å²) in [4.78, 5) is 13.6. The largest absolute Gasteiger partial charge is 0.504 e. The van der Waals surface area contributed by atoms with Gasteiger partial charge in [0.1, 0.15) is 35.4 Å². The molecule has 5 N–H and O–H groups in total. The topological polar surface area (TPSA) is 168 Å². The summed E-state index contributed by atoms with van der Waals surface area (Å²) in [6, 6.07) is 8.30. The van der Waals surface area contributed by atoms with Gasteiger partial charge in [0.2, 0.25) is 23.2 Å². The number of phenolic OH excluding ortho intramolecular Hbond substituents is 1. The zero-order valence-corrected chi connectivity index (χ0v) is 19.2. The van der Waals surface area contributed by atoms with E-state index in [-0.39, 0.29) is 28.2 Å². The van der Waals surface area contributed by atoms with Crippen molar-refractivity contribution in [2.45, 2.75) is 37.6 Å². The number of fused-ring (bicyclic) bond motifs is 1. The van der Waals surface area contributed by atoms with Crippen molar-refractivity contribution in [3.05, 3.63) is 46.1 Å². The molecule has 11 nitrogen and oxygen atoms in total. The maximum absolute atomic E-state index is 13.6. The zero-order valence-electron chi connectivity index (χ0n) is 19.2. The monoisotopic (exact) mass is 490 g/mol. The van der Waals surface area contributed by atoms with Crippen molar-refractivity contribution < 1.29 is 48.9 Å². The minimum Gasteiger partial charge on any atom is -0.504 e. The lowest BCUT2D eigenvalue weighted by atomic mass is 9.99. The van der Waals surface area contributed by atoms with Gasteiger partial charge in [-0.2, -0.15) is 0 Å². The van der Waals surface area contributed by atoms with Gasteiger partial charge in [-0.05, 0) is 6.92 Å². The number of aliphatic hydroxyl groups excluding tert-OH is 4. The van der Waals surface area contributed by atoms with Gasteiger partial charge in [-0.15, -0.1) is 0 Å². The second kappa shape index (κ2) is 9.72. The van der Waals surface area contributed by atoms with E-state index in [1.54, 1.807) is 24.3 Å². The Kier molecular flexibility index (Phi) is 6.88. The van der Waals surface area contributed by atoms with Gasteiger partial charge in [0.05, 0.1) is 20.8 Å². The molecule has 3 aromatic rings. The van der Waals surface area contributed by atoms with Crippen LogP contribution in [0.3, 0.4) is 0 Å². The molecule has 1 fully saturated rings. The van der Waals surface area contributed by atoms with Crippen molar-refractivity contribution in [2.24, 2.45) is 0 Å². The van der Waals surface area contributed by atoms with Gasteiger partial charge >= 0.3 is 0 Å². The maximum Gasteiger partial charge on any atom is 0.239 e. The van der Waals surface area contributed by atoms with E-state index in [1.165, 1.54) is 20.3 Å². The van der Waals surface area contributed by atoms with Crippen LogP contribution >= 0.6 is 0 Å². The standard InChI is InChI=1S/C24H26O11/c1-10-4-6-11(7-5-10)21-23(35-24-20(30)19(29)16(26)14(9-25)34-24)18(28)15-12(33-21)8-13(31-2)22(32-3)17(15)27/h4-8,14,16,19-20,24-27,29-30H,9H2,1-3H3. The predicted octanol–water partition coefficient (Wildman–Crippen LogP) is 0.670. The summed E-state index contributed by atoms with van der Waals surface area (Å²) in [7, 11) is 2.65. The maximum atomic E-state index is 13.6. The van der Waals surface area contributed by atoms with Crippen LogP contribution in [0, 0.1) is 6.92 Å². The third-order valence-corrected chi connectivity index (χ3v) is 5.86. The molecule has 2 aromatic carbocycles. The predicted molar refractivity (Wildman–Crippen MR) is 122 cm³/mol. The number of rotatable bonds is 6. The first-order valence-electron chi connectivity index (χ1n) is 10.7. The molecule has 1 saturated heterocycles. The summed E-state index contributed by atoms with van der Waals surface area (Å²) < 4.78 is 27.5. The van der Waals surface area contributed by atoms with Gasteiger partial charge in [0, 0.05) is 11.6 Å². The van der Waals surface area contributed by atoms with Crippen molar-refractivity contribution in [3.63, 3.8) is 0 Å². The number of aryl methyl sites for hydroxylation is 1. The first kappa shape index (κ1) is 24.8. The van der Waals surface area contributed by atoms with Gasteiger partial charge in [-0.25, -0.2) is 0 Å². The molecular formula is C24H26O11. The van der Waals surface area contributed by atoms with E-state index >= 15 is 0 Å². The summed E-state index contributed by atoms with van der Waals surface area (Å²) in [5.74, 6) is -1.02. The molecule has 0 saturated carbocycles. The van der Waals surface area contributed by atoms with E-state index < -0.39 is 54.2 Å². The third-order valence-electron chi connectivity index (χ3n) is 5.86. The molecule has 0 aliphatic carbocycles. The fraction of sp³-hybridized carbons (Fsp3) is 0.375. The minimum absolute atomic E-state index is 0.0260. The lowest BCUT2D eigenvalue weighted by Gasteiger charge is -2.39. The molecule has 5 atom stereocenters. The molecule has 35 heavy (non-hydrogen) atoms. The molecule has 5 unspecified atom stereocenters. The molecule has 11 heteroatoms. The van der Waals surface area contributed by atoms with Gasteiger partial charge in [0.25, 0.3) is 0 Å². The van der Waals surface area contributed by atoms with Crippen molar-refractivity contribution in [2.75, 3.05) is 20.8 Å². The first-order valence-corrected chi connectivity index (χ1v) is 10.7. The van der Waals surface area contributed by atoms with Gasteiger partial charge in [-0.1, -0.05) is 29.8 Å². The highest BCUT2D eigenvalue weighted by Gasteiger charge is 2.45. The Labute approximate surface area is 199 Å². The molecule has 1 aliphatic rings. The van der Waals surface area contributed by atoms with Crippen LogP contribution in [0.15, 0.2) is 39.5 Å². The Morgan fingerprint density at radius 1 is 0.971 bits per heavy atom. The average Bonchev–Trinajstić information content (AvgIpc) is 2.85. The van der Waals surface area contributed by atoms with Crippen molar-refractivity contribution >= 4 is 11.0 Å². The molecule has 0 bridgehead atoms. The Bertz CT molecular complexity index is 1270. The van der Waals surface area contributed by atoms with Crippen molar-refractivity contribution in [1.29, 1.82) is 0 Å². The minimum atomic E-state index is -1.77. The Hall–Kier alpha value is -3.35. The normalized spacial score (nSPS) is 24.4. The smallest absolute Gasteiger partial charge is 0.239 e. The number of aliphatic hydroxyl groups is 4. The highest BCUT2D eigenvalue weighted by Crippen LogP contribution is 2.44. The molecule has 4 rings (SSSR count). The molecule has 1 aromatic heterocycles. The lowest BCUT2D eigenvalue weighted by Crippen LogP contribution is -2.60. The van der Waals surface area contributed by atoms with Crippen LogP contribution in [-0.2, 0) is 4.74 Å². The Balaban J connectivity index is 1.94. The lowest BCUT2D eigenvalue weighted by molar-refractivity contribution is -0.277. The van der Waals surface area contributed by atoms with E-state index in [9.17, 15) is 30.3 Å². The van der Waals surface area contributed by atoms with Crippen LogP contribution in [0.5, 0.6) is 23.0 Å². The van der Waals surface area contributed by atoms with E-state index in [0.29, 0.717) is 5.56 Å². The number of phenols is 1. The number of methoxy groups -OCH3 is 2. The molecule has 188 valence electrons. The number of hydrogen-bond donors (Lipinski definition) is 5. The second-order valence-corrected chi connectivity index (χ2v) is 8.10. The number of benzene rings is 2. The van der Waals surface area contributed by atoms with E-state index in [4.69, 9.17) is 23.4 Å². The molecule has 0 spiro atoms. The Morgan fingerprint density at radius 3 is 2.26 bits per heavy atom. The van der Waals surface area contributed by atoms with E-state index in [2.05, 4.69) is 0 Å². The van der Waals surface area contributed by atoms with Crippen LogP contribution in [0.4, 0.5) is 0 Å². The molecule has 0 amide bonds. The van der Waals surface area contributed by atoms with Crippen LogP contribution in [0.25, 0.3) is 22.3 Å². The van der Waals surface area contributed by atoms with Crippen LogP contribution in [0.2, 0.25) is 0 Å². The summed E-state index contributed by atoms with van der Waals surface area (Å²) in [6.45, 7) is 1.20. The van der Waals surface area contributed by atoms with Crippen LogP contribution < -0.4 is 19.6 Å². The molecule has 2 heterocycles. The fourth-order valence-corrected chi connectivity index (χ4v) is 3.91. The molecule has 1 aliphatic heterocycles. The van der Waals surface area contributed by atoms with E-state index in [1.807, 2.05) is 6.92 Å². The summed E-state index contributed by atoms with van der Waals surface area (Å²) in [5, 5.41) is 50.6. The fourth-order valence-electron chi connectivity index (χ4n) is 3.91. The molecular weight excluding hydrogens is 464 g/mol. The number of ether oxygens (including phenoxy) is 4. The summed E-state index contributed by atoms with van der Waals surface area (Å²) >= 11 is 0. The summed E-state index contributed by atoms with van der Waals surface area (Å²) in [5.41, 5.74) is 0.528. The quantitative estimate of drug-likeness (QED) is 0.329. The van der Waals surface area contributed by atoms with Gasteiger partial charge < -0.3 is 48.9 Å². The number of hydrogen-bond acceptors (Lipinski definition) is 11. The highest BCUT2D eigenvalue weighted by atomic mass is 16.7. The molecule has 0 radical (unpaired) electrons. The summed E-state index contributed by atoms with van der Waals surface area (Å²) in [6.07, 6.45) is -8.02. The third kappa shape index (κ3) is 4.28. The average molecular weight is 490 g/mol. The SMILES string of the molecule is COc1cc2oc(-c3ccc(C)cc3)c(OC3OC(CO)C(O)C(O)C3O)c(=O)c2c(O)c1OC. The van der Waals surface area contributed by atoms with Crippen LogP contribution in [0.1, 0.15) is 5.56 Å². The van der Waals surface area contributed by atoms with Crippen LogP contribution in [-0.4, -0.2) is 77.1 Å². The highest BCUT2D eigenvalue weighted by molar-refractivity contribution is 5.91. The van der Waals surface area contributed by atoms with Crippen molar-refractivity contribution in [3.8, 4) is 34.3 Å². The van der Waals surface area contributed by atoms with E-state index in [0.717, 1.165) is 5.56 Å². The Morgan fingerprint density at radius 2 is 1.66 bits per heavy atom.